The minimum absolute atomic E-state index is 0.244. The fraction of sp³-hybridized carbons (Fsp3) is 0.0714. The summed E-state index contributed by atoms with van der Waals surface area (Å²) in [7, 11) is 0. The molecule has 1 N–H and O–H groups in total. The van der Waals surface area contributed by atoms with Crippen molar-refractivity contribution in [1.29, 1.82) is 0 Å². The second-order valence-corrected chi connectivity index (χ2v) is 5.01. The predicted octanol–water partition coefficient (Wildman–Crippen LogP) is 2.92. The number of pyridine rings is 2. The number of carbonyl (C=O) groups excluding carboxylic acids is 1. The Balaban J connectivity index is 1.82. The second kappa shape index (κ2) is 5.42. The fourth-order valence-corrected chi connectivity index (χ4v) is 2.24. The average Bonchev–Trinajstić information content (AvgIpc) is 2.98. The summed E-state index contributed by atoms with van der Waals surface area (Å²) in [5.74, 6) is 0.455. The van der Waals surface area contributed by atoms with Crippen LogP contribution in [0.2, 0.25) is 0 Å². The van der Waals surface area contributed by atoms with Gasteiger partial charge in [-0.3, -0.25) is 9.78 Å². The Bertz CT molecular complexity index is 756. The average molecular weight is 332 g/mol. The summed E-state index contributed by atoms with van der Waals surface area (Å²) in [5, 5.41) is 3.64. The molecular weight excluding hydrogens is 322 g/mol. The van der Waals surface area contributed by atoms with Crippen molar-refractivity contribution >= 4 is 32.7 Å². The van der Waals surface area contributed by atoms with Crippen molar-refractivity contribution in [2.45, 2.75) is 6.54 Å². The Kier molecular flexibility index (Phi) is 3.47. The number of hydrogen-bond acceptors (Lipinski definition) is 4. The molecule has 0 radical (unpaired) electrons. The predicted molar refractivity (Wildman–Crippen MR) is 77.1 cm³/mol. The fourth-order valence-electron chi connectivity index (χ4n) is 1.81. The van der Waals surface area contributed by atoms with E-state index in [-0.39, 0.29) is 5.91 Å². The minimum atomic E-state index is -0.244. The summed E-state index contributed by atoms with van der Waals surface area (Å²) in [6.45, 7) is 0.336. The molecule has 20 heavy (non-hydrogen) atoms. The lowest BCUT2D eigenvalue weighted by molar-refractivity contribution is 0.0943. The third kappa shape index (κ3) is 2.55. The maximum Gasteiger partial charge on any atom is 0.270 e. The number of nitrogens with zero attached hydrogens (tertiary/aromatic N) is 2. The van der Waals surface area contributed by atoms with Crippen LogP contribution in [0.4, 0.5) is 0 Å². The Morgan fingerprint density at radius 2 is 2.20 bits per heavy atom. The molecule has 6 heteroatoms. The van der Waals surface area contributed by atoms with Crippen LogP contribution in [0.3, 0.4) is 0 Å². The Morgan fingerprint density at radius 1 is 1.30 bits per heavy atom. The molecule has 0 aliphatic rings. The van der Waals surface area contributed by atoms with Crippen molar-refractivity contribution in [2.24, 2.45) is 0 Å². The van der Waals surface area contributed by atoms with Crippen molar-refractivity contribution < 1.29 is 9.21 Å². The highest BCUT2D eigenvalue weighted by atomic mass is 79.9. The lowest BCUT2D eigenvalue weighted by Crippen LogP contribution is -2.23. The molecule has 0 atom stereocenters. The lowest BCUT2D eigenvalue weighted by atomic mass is 10.2. The third-order valence-corrected chi connectivity index (χ3v) is 3.37. The van der Waals surface area contributed by atoms with E-state index in [0.717, 1.165) is 9.86 Å². The summed E-state index contributed by atoms with van der Waals surface area (Å²) in [5.41, 5.74) is 1.07. The number of fused-ring (bicyclic) bond motifs is 1. The molecule has 3 heterocycles. The molecule has 0 saturated heterocycles. The van der Waals surface area contributed by atoms with E-state index in [1.54, 1.807) is 36.9 Å². The van der Waals surface area contributed by atoms with E-state index in [0.29, 0.717) is 23.5 Å². The van der Waals surface area contributed by atoms with Crippen molar-refractivity contribution in [2.75, 3.05) is 0 Å². The molecule has 0 saturated carbocycles. The molecule has 0 aliphatic carbocycles. The molecule has 0 spiro atoms. The van der Waals surface area contributed by atoms with Crippen LogP contribution in [0, 0.1) is 0 Å². The normalized spacial score (nSPS) is 10.7. The maximum absolute atomic E-state index is 12.0. The summed E-state index contributed by atoms with van der Waals surface area (Å²) in [4.78, 5) is 20.5. The number of hydrogen-bond donors (Lipinski definition) is 1. The smallest absolute Gasteiger partial charge is 0.270 e. The van der Waals surface area contributed by atoms with Gasteiger partial charge in [-0.2, -0.15) is 0 Å². The molecule has 0 bridgehead atoms. The van der Waals surface area contributed by atoms with Gasteiger partial charge in [-0.15, -0.1) is 0 Å². The first-order chi connectivity index (χ1) is 9.74. The summed E-state index contributed by atoms with van der Waals surface area (Å²) in [6, 6.07) is 7.08. The van der Waals surface area contributed by atoms with E-state index < -0.39 is 0 Å². The molecule has 3 rings (SSSR count). The number of aromatic nitrogens is 2. The van der Waals surface area contributed by atoms with Gasteiger partial charge in [0.15, 0.2) is 0 Å². The van der Waals surface area contributed by atoms with Crippen LogP contribution < -0.4 is 5.32 Å². The van der Waals surface area contributed by atoms with Crippen molar-refractivity contribution in [1.82, 2.24) is 15.3 Å². The van der Waals surface area contributed by atoms with Crippen molar-refractivity contribution in [3.05, 3.63) is 58.8 Å². The number of rotatable bonds is 3. The molecular formula is C14H10BrN3O2. The monoisotopic (exact) mass is 331 g/mol. The van der Waals surface area contributed by atoms with Gasteiger partial charge in [-0.05, 0) is 40.2 Å². The summed E-state index contributed by atoms with van der Waals surface area (Å²) >= 11 is 3.38. The third-order valence-electron chi connectivity index (χ3n) is 2.79. The molecule has 100 valence electrons. The number of nitrogens with one attached hydrogen (secondary N) is 1. The zero-order chi connectivity index (χ0) is 13.9. The van der Waals surface area contributed by atoms with Crippen LogP contribution in [-0.4, -0.2) is 15.9 Å². The van der Waals surface area contributed by atoms with Gasteiger partial charge >= 0.3 is 0 Å². The highest BCUT2D eigenvalue weighted by Gasteiger charge is 2.10. The van der Waals surface area contributed by atoms with E-state index in [1.807, 2.05) is 6.07 Å². The Labute approximate surface area is 123 Å². The van der Waals surface area contributed by atoms with Crippen molar-refractivity contribution in [3.63, 3.8) is 0 Å². The van der Waals surface area contributed by atoms with Gasteiger partial charge in [0.2, 0.25) is 0 Å². The van der Waals surface area contributed by atoms with E-state index in [2.05, 4.69) is 31.2 Å². The molecule has 5 nitrogen and oxygen atoms in total. The quantitative estimate of drug-likeness (QED) is 0.801. The van der Waals surface area contributed by atoms with E-state index in [4.69, 9.17) is 4.42 Å². The largest absolute Gasteiger partial charge is 0.467 e. The van der Waals surface area contributed by atoms with Crippen LogP contribution >= 0.6 is 15.9 Å². The number of halogens is 1. The molecule has 0 unspecified atom stereocenters. The van der Waals surface area contributed by atoms with Gasteiger partial charge in [-0.25, -0.2) is 4.98 Å². The van der Waals surface area contributed by atoms with Gasteiger partial charge in [0.25, 0.3) is 5.91 Å². The maximum atomic E-state index is 12.0. The van der Waals surface area contributed by atoms with E-state index >= 15 is 0 Å². The van der Waals surface area contributed by atoms with Crippen LogP contribution in [-0.2, 0) is 6.54 Å². The zero-order valence-corrected chi connectivity index (χ0v) is 11.9. The molecule has 3 aromatic heterocycles. The van der Waals surface area contributed by atoms with Crippen molar-refractivity contribution in [3.8, 4) is 0 Å². The molecule has 0 aromatic carbocycles. The van der Waals surface area contributed by atoms with Crippen LogP contribution in [0.1, 0.15) is 16.2 Å². The SMILES string of the molecule is O=C(NCc1ccco1)c1ccc2cncc(Br)c2n1. The van der Waals surface area contributed by atoms with Gasteiger partial charge in [0.1, 0.15) is 11.5 Å². The highest BCUT2D eigenvalue weighted by Crippen LogP contribution is 2.20. The van der Waals surface area contributed by atoms with Crippen LogP contribution in [0.25, 0.3) is 10.9 Å². The number of carbonyl (C=O) groups is 1. The van der Waals surface area contributed by atoms with Gasteiger partial charge < -0.3 is 9.73 Å². The molecule has 1 amide bonds. The highest BCUT2D eigenvalue weighted by molar-refractivity contribution is 9.10. The first kappa shape index (κ1) is 12.8. The number of furan rings is 1. The second-order valence-electron chi connectivity index (χ2n) is 4.15. The van der Waals surface area contributed by atoms with Crippen LogP contribution in [0.15, 0.2) is 51.8 Å². The van der Waals surface area contributed by atoms with Gasteiger partial charge in [0.05, 0.1) is 22.8 Å². The summed E-state index contributed by atoms with van der Waals surface area (Å²) in [6.07, 6.45) is 4.93. The molecule has 0 aliphatic heterocycles. The Morgan fingerprint density at radius 3 is 3.00 bits per heavy atom. The number of amides is 1. The first-order valence-corrected chi connectivity index (χ1v) is 6.74. The van der Waals surface area contributed by atoms with E-state index in [9.17, 15) is 4.79 Å². The standard InChI is InChI=1S/C14H10BrN3O2/c15-11-8-16-6-9-3-4-12(18-13(9)11)14(19)17-7-10-2-1-5-20-10/h1-6,8H,7H2,(H,17,19). The first-order valence-electron chi connectivity index (χ1n) is 5.95. The molecule has 3 aromatic rings. The van der Waals surface area contributed by atoms with E-state index in [1.165, 1.54) is 0 Å². The topological polar surface area (TPSA) is 68.0 Å². The molecule has 0 fully saturated rings. The zero-order valence-electron chi connectivity index (χ0n) is 10.3. The van der Waals surface area contributed by atoms with Gasteiger partial charge in [-0.1, -0.05) is 0 Å². The minimum Gasteiger partial charge on any atom is -0.467 e. The van der Waals surface area contributed by atoms with Gasteiger partial charge in [0, 0.05) is 17.8 Å². The summed E-state index contributed by atoms with van der Waals surface area (Å²) < 4.78 is 5.92. The Hall–Kier alpha value is -2.21. The van der Waals surface area contributed by atoms with Crippen LogP contribution in [0.5, 0.6) is 0 Å². The lowest BCUT2D eigenvalue weighted by Gasteiger charge is -2.05.